The van der Waals surface area contributed by atoms with Crippen molar-refractivity contribution in [2.24, 2.45) is 5.92 Å². The predicted octanol–water partition coefficient (Wildman–Crippen LogP) is 1.26. The molecule has 2 aliphatic rings. The summed E-state index contributed by atoms with van der Waals surface area (Å²) in [7, 11) is -1.55. The first-order valence-electron chi connectivity index (χ1n) is 9.62. The van der Waals surface area contributed by atoms with Gasteiger partial charge in [-0.25, -0.2) is 8.42 Å². The minimum absolute atomic E-state index is 0.0923. The second-order valence-corrected chi connectivity index (χ2v) is 9.17. The molecule has 1 amide bonds. The molecule has 0 N–H and O–H groups in total. The van der Waals surface area contributed by atoms with Crippen LogP contribution >= 0.6 is 0 Å². The molecule has 2 saturated heterocycles. The molecule has 3 rings (SSSR count). The number of sulfonamides is 1. The van der Waals surface area contributed by atoms with Crippen LogP contribution in [0.4, 0.5) is 0 Å². The first-order chi connectivity index (χ1) is 12.9. The molecule has 0 aliphatic carbocycles. The van der Waals surface area contributed by atoms with E-state index < -0.39 is 10.0 Å². The van der Waals surface area contributed by atoms with Crippen LogP contribution in [0.2, 0.25) is 0 Å². The minimum Gasteiger partial charge on any atom is -0.494 e. The summed E-state index contributed by atoms with van der Waals surface area (Å²) in [6.45, 7) is 6.32. The molecule has 1 aromatic rings. The van der Waals surface area contributed by atoms with Crippen LogP contribution in [0.15, 0.2) is 29.2 Å². The number of carbonyl (C=O) groups excluding carboxylic acids is 1. The van der Waals surface area contributed by atoms with Crippen LogP contribution in [-0.4, -0.2) is 81.4 Å². The largest absolute Gasteiger partial charge is 0.494 e. The van der Waals surface area contributed by atoms with Crippen LogP contribution in [0.1, 0.15) is 19.8 Å². The van der Waals surface area contributed by atoms with Crippen molar-refractivity contribution in [3.05, 3.63) is 24.3 Å². The Morgan fingerprint density at radius 1 is 1.11 bits per heavy atom. The van der Waals surface area contributed by atoms with Crippen molar-refractivity contribution in [1.82, 2.24) is 14.1 Å². The second kappa shape index (κ2) is 8.58. The fraction of sp³-hybridized carbons (Fsp3) is 0.632. The van der Waals surface area contributed by atoms with Gasteiger partial charge in [0.25, 0.3) is 0 Å². The number of ether oxygens (including phenoxy) is 1. The van der Waals surface area contributed by atoms with Crippen molar-refractivity contribution >= 4 is 15.9 Å². The van der Waals surface area contributed by atoms with Crippen LogP contribution in [0.3, 0.4) is 0 Å². The van der Waals surface area contributed by atoms with Crippen molar-refractivity contribution in [1.29, 1.82) is 0 Å². The van der Waals surface area contributed by atoms with Gasteiger partial charge < -0.3 is 14.5 Å². The van der Waals surface area contributed by atoms with E-state index in [1.165, 1.54) is 4.31 Å². The summed E-state index contributed by atoms with van der Waals surface area (Å²) in [5, 5.41) is 0. The first kappa shape index (κ1) is 20.1. The van der Waals surface area contributed by atoms with Crippen molar-refractivity contribution in [3.63, 3.8) is 0 Å². The topological polar surface area (TPSA) is 70.2 Å². The molecule has 1 aromatic carbocycles. The lowest BCUT2D eigenvalue weighted by Gasteiger charge is -2.37. The summed E-state index contributed by atoms with van der Waals surface area (Å²) in [5.41, 5.74) is 0. The third-order valence-corrected chi connectivity index (χ3v) is 7.20. The number of piperidine rings is 1. The molecule has 150 valence electrons. The Hall–Kier alpha value is -1.64. The van der Waals surface area contributed by atoms with Crippen molar-refractivity contribution in [2.45, 2.75) is 24.7 Å². The average Bonchev–Trinajstić information content (AvgIpc) is 2.69. The second-order valence-electron chi connectivity index (χ2n) is 7.24. The van der Waals surface area contributed by atoms with Crippen LogP contribution in [0.5, 0.6) is 5.75 Å². The summed E-state index contributed by atoms with van der Waals surface area (Å²) < 4.78 is 32.8. The molecule has 0 radical (unpaired) electrons. The van der Waals surface area contributed by atoms with Gasteiger partial charge in [0, 0.05) is 39.3 Å². The summed E-state index contributed by atoms with van der Waals surface area (Å²) in [5.74, 6) is 0.493. The molecule has 0 bridgehead atoms. The number of benzene rings is 1. The highest BCUT2D eigenvalue weighted by molar-refractivity contribution is 7.89. The molecule has 27 heavy (non-hydrogen) atoms. The Kier molecular flexibility index (Phi) is 6.39. The Balaban J connectivity index is 1.68. The molecule has 1 atom stereocenters. The number of carbonyl (C=O) groups is 1. The van der Waals surface area contributed by atoms with E-state index in [1.807, 2.05) is 18.9 Å². The van der Waals surface area contributed by atoms with Crippen LogP contribution in [0, 0.1) is 5.92 Å². The summed E-state index contributed by atoms with van der Waals surface area (Å²) in [4.78, 5) is 17.2. The molecule has 0 saturated carbocycles. The highest BCUT2D eigenvalue weighted by atomic mass is 32.2. The van der Waals surface area contributed by atoms with E-state index in [1.54, 1.807) is 24.3 Å². The van der Waals surface area contributed by atoms with E-state index in [4.69, 9.17) is 4.74 Å². The summed E-state index contributed by atoms with van der Waals surface area (Å²) in [6.07, 6.45) is 1.46. The van der Waals surface area contributed by atoms with Gasteiger partial charge >= 0.3 is 0 Å². The Labute approximate surface area is 161 Å². The van der Waals surface area contributed by atoms with Crippen molar-refractivity contribution < 1.29 is 17.9 Å². The number of hydrogen-bond acceptors (Lipinski definition) is 5. The fourth-order valence-electron chi connectivity index (χ4n) is 3.67. The molecule has 2 heterocycles. The lowest BCUT2D eigenvalue weighted by atomic mass is 9.98. The Morgan fingerprint density at radius 3 is 2.41 bits per heavy atom. The maximum absolute atomic E-state index is 13.0. The number of piperazine rings is 1. The quantitative estimate of drug-likeness (QED) is 0.751. The lowest BCUT2D eigenvalue weighted by Crippen LogP contribution is -2.52. The minimum atomic E-state index is -3.60. The van der Waals surface area contributed by atoms with Gasteiger partial charge in [-0.15, -0.1) is 0 Å². The van der Waals surface area contributed by atoms with Gasteiger partial charge in [0.1, 0.15) is 5.75 Å². The van der Waals surface area contributed by atoms with E-state index in [2.05, 4.69) is 4.90 Å². The van der Waals surface area contributed by atoms with E-state index >= 15 is 0 Å². The van der Waals surface area contributed by atoms with Crippen LogP contribution < -0.4 is 4.74 Å². The van der Waals surface area contributed by atoms with Gasteiger partial charge in [-0.05, 0) is 51.1 Å². The van der Waals surface area contributed by atoms with Gasteiger partial charge in [-0.3, -0.25) is 4.79 Å². The standard InChI is InChI=1S/C19H29N3O4S/c1-3-26-17-6-8-18(9-7-17)27(24,25)22-10-4-5-16(15-22)19(23)21-13-11-20(2)12-14-21/h6-9,16H,3-5,10-15H2,1-2H3/t16-/m1/s1. The Morgan fingerprint density at radius 2 is 1.78 bits per heavy atom. The molecule has 7 nitrogen and oxygen atoms in total. The van der Waals surface area contributed by atoms with Crippen molar-refractivity contribution in [2.75, 3.05) is 52.9 Å². The highest BCUT2D eigenvalue weighted by Gasteiger charge is 2.35. The maximum Gasteiger partial charge on any atom is 0.243 e. The Bertz CT molecular complexity index is 743. The zero-order chi connectivity index (χ0) is 19.4. The molecular formula is C19H29N3O4S. The number of amides is 1. The lowest BCUT2D eigenvalue weighted by molar-refractivity contribution is -0.138. The SMILES string of the molecule is CCOc1ccc(S(=O)(=O)N2CCC[C@@H](C(=O)N3CCN(C)CC3)C2)cc1. The van der Waals surface area contributed by atoms with Gasteiger partial charge in [-0.2, -0.15) is 4.31 Å². The molecule has 0 aromatic heterocycles. The monoisotopic (exact) mass is 395 g/mol. The van der Waals surface area contributed by atoms with E-state index in [0.29, 0.717) is 25.3 Å². The normalized spacial score (nSPS) is 22.6. The van der Waals surface area contributed by atoms with Gasteiger partial charge in [0.15, 0.2) is 0 Å². The van der Waals surface area contributed by atoms with E-state index in [9.17, 15) is 13.2 Å². The number of likely N-dealkylation sites (N-methyl/N-ethyl adjacent to an activating group) is 1. The van der Waals surface area contributed by atoms with E-state index in [0.717, 1.165) is 32.6 Å². The summed E-state index contributed by atoms with van der Waals surface area (Å²) >= 11 is 0. The molecular weight excluding hydrogens is 366 g/mol. The fourth-order valence-corrected chi connectivity index (χ4v) is 5.19. The number of hydrogen-bond donors (Lipinski definition) is 0. The molecule has 8 heteroatoms. The smallest absolute Gasteiger partial charge is 0.243 e. The van der Waals surface area contributed by atoms with Crippen molar-refractivity contribution in [3.8, 4) is 5.75 Å². The van der Waals surface area contributed by atoms with Gasteiger partial charge in [0.05, 0.1) is 17.4 Å². The molecule has 0 spiro atoms. The van der Waals surface area contributed by atoms with Gasteiger partial charge in [0.2, 0.25) is 15.9 Å². The average molecular weight is 396 g/mol. The van der Waals surface area contributed by atoms with E-state index in [-0.39, 0.29) is 23.3 Å². The number of nitrogens with zero attached hydrogens (tertiary/aromatic N) is 3. The third kappa shape index (κ3) is 4.62. The zero-order valence-electron chi connectivity index (χ0n) is 16.1. The maximum atomic E-state index is 13.0. The third-order valence-electron chi connectivity index (χ3n) is 5.32. The first-order valence-corrected chi connectivity index (χ1v) is 11.1. The molecule has 0 unspecified atom stereocenters. The van der Waals surface area contributed by atoms with Crippen LogP contribution in [0.25, 0.3) is 0 Å². The molecule has 2 fully saturated rings. The van der Waals surface area contributed by atoms with Crippen LogP contribution in [-0.2, 0) is 14.8 Å². The highest BCUT2D eigenvalue weighted by Crippen LogP contribution is 2.26. The summed E-state index contributed by atoms with van der Waals surface area (Å²) in [6, 6.07) is 6.50. The predicted molar refractivity (Wildman–Crippen MR) is 103 cm³/mol. The van der Waals surface area contributed by atoms with Gasteiger partial charge in [-0.1, -0.05) is 0 Å². The number of rotatable bonds is 5. The zero-order valence-corrected chi connectivity index (χ0v) is 17.0. The molecule has 2 aliphatic heterocycles.